The summed E-state index contributed by atoms with van der Waals surface area (Å²) in [6, 6.07) is 0.912. The minimum atomic E-state index is -4.39. The van der Waals surface area contributed by atoms with Crippen LogP contribution in [0.25, 0.3) is 0 Å². The Morgan fingerprint density at radius 1 is 1.53 bits per heavy atom. The first-order valence-corrected chi connectivity index (χ1v) is 4.75. The summed E-state index contributed by atoms with van der Waals surface area (Å²) in [5.41, 5.74) is 5.08. The molecule has 0 aliphatic heterocycles. The van der Waals surface area contributed by atoms with Gasteiger partial charge in [0.2, 0.25) is 0 Å². The van der Waals surface area contributed by atoms with Gasteiger partial charge in [0, 0.05) is 17.2 Å². The van der Waals surface area contributed by atoms with Crippen LogP contribution in [-0.4, -0.2) is 16.2 Å². The molecule has 0 aromatic carbocycles. The van der Waals surface area contributed by atoms with E-state index in [1.54, 1.807) is 6.92 Å². The maximum Gasteiger partial charge on any atom is 0.435 e. The average molecular weight is 219 g/mol. The summed E-state index contributed by atoms with van der Waals surface area (Å²) >= 11 is 0. The number of nitrogens with one attached hydrogen (secondary N) is 1. The minimum absolute atomic E-state index is 0.154. The van der Waals surface area contributed by atoms with E-state index >= 15 is 0 Å². The smallest absolute Gasteiger partial charge is 0.327 e. The Morgan fingerprint density at radius 3 is 2.47 bits per heavy atom. The van der Waals surface area contributed by atoms with Crippen molar-refractivity contribution in [2.45, 2.75) is 37.4 Å². The molecule has 1 saturated carbocycles. The SMILES string of the molecule is CC(N)C1(c2cc(C(F)(F)F)n[nH]2)CC1. The highest BCUT2D eigenvalue weighted by Crippen LogP contribution is 2.50. The summed E-state index contributed by atoms with van der Waals surface area (Å²) in [6.45, 7) is 1.81. The number of aromatic amines is 1. The third kappa shape index (κ3) is 1.62. The van der Waals surface area contributed by atoms with Crippen molar-refractivity contribution in [1.29, 1.82) is 0 Å². The standard InChI is InChI=1S/C9H12F3N3/c1-5(13)8(2-3-8)6-4-7(15-14-6)9(10,11)12/h4-5H,2-3,13H2,1H3,(H,14,15). The Morgan fingerprint density at radius 2 is 2.13 bits per heavy atom. The third-order valence-corrected chi connectivity index (χ3v) is 3.06. The lowest BCUT2D eigenvalue weighted by Crippen LogP contribution is -2.31. The fraction of sp³-hybridized carbons (Fsp3) is 0.667. The van der Waals surface area contributed by atoms with Crippen molar-refractivity contribution in [3.63, 3.8) is 0 Å². The summed E-state index contributed by atoms with van der Waals surface area (Å²) in [7, 11) is 0. The zero-order valence-electron chi connectivity index (χ0n) is 8.23. The van der Waals surface area contributed by atoms with Gasteiger partial charge in [0.05, 0.1) is 0 Å². The first kappa shape index (κ1) is 10.5. The lowest BCUT2D eigenvalue weighted by Gasteiger charge is -2.16. The summed E-state index contributed by atoms with van der Waals surface area (Å²) in [5, 5.41) is 5.72. The number of hydrogen-bond donors (Lipinski definition) is 2. The molecule has 15 heavy (non-hydrogen) atoms. The topological polar surface area (TPSA) is 54.7 Å². The Kier molecular flexibility index (Phi) is 2.08. The molecule has 0 radical (unpaired) electrons. The maximum atomic E-state index is 12.3. The fourth-order valence-corrected chi connectivity index (χ4v) is 1.83. The molecule has 2 rings (SSSR count). The quantitative estimate of drug-likeness (QED) is 0.797. The molecule has 0 bridgehead atoms. The Balaban J connectivity index is 2.29. The van der Waals surface area contributed by atoms with Gasteiger partial charge in [0.25, 0.3) is 0 Å². The van der Waals surface area contributed by atoms with Gasteiger partial charge in [0.15, 0.2) is 5.69 Å². The van der Waals surface area contributed by atoms with Crippen LogP contribution in [-0.2, 0) is 11.6 Å². The molecular formula is C9H12F3N3. The van der Waals surface area contributed by atoms with Gasteiger partial charge in [-0.1, -0.05) is 0 Å². The zero-order chi connectivity index (χ0) is 11.3. The van der Waals surface area contributed by atoms with Crippen LogP contribution in [0.1, 0.15) is 31.2 Å². The molecule has 1 heterocycles. The molecule has 6 heteroatoms. The second-order valence-electron chi connectivity index (χ2n) is 4.11. The second kappa shape index (κ2) is 2.98. The van der Waals surface area contributed by atoms with E-state index in [1.165, 1.54) is 0 Å². The molecule has 0 amide bonds. The molecule has 1 atom stereocenters. The first-order valence-electron chi connectivity index (χ1n) is 4.75. The van der Waals surface area contributed by atoms with E-state index in [-0.39, 0.29) is 11.5 Å². The van der Waals surface area contributed by atoms with E-state index < -0.39 is 11.9 Å². The minimum Gasteiger partial charge on any atom is -0.327 e. The molecule has 3 N–H and O–H groups in total. The van der Waals surface area contributed by atoms with Crippen LogP contribution in [0.15, 0.2) is 6.07 Å². The van der Waals surface area contributed by atoms with Gasteiger partial charge in [-0.2, -0.15) is 18.3 Å². The molecule has 1 aliphatic rings. The highest BCUT2D eigenvalue weighted by Gasteiger charge is 2.50. The summed E-state index contributed by atoms with van der Waals surface area (Å²) in [6.07, 6.45) is -2.74. The molecular weight excluding hydrogens is 207 g/mol. The van der Waals surface area contributed by atoms with Crippen molar-refractivity contribution in [3.05, 3.63) is 17.5 Å². The lowest BCUT2D eigenvalue weighted by molar-refractivity contribution is -0.141. The Bertz CT molecular complexity index is 363. The van der Waals surface area contributed by atoms with Gasteiger partial charge >= 0.3 is 6.18 Å². The van der Waals surface area contributed by atoms with E-state index in [0.717, 1.165) is 18.9 Å². The largest absolute Gasteiger partial charge is 0.435 e. The van der Waals surface area contributed by atoms with Crippen molar-refractivity contribution < 1.29 is 13.2 Å². The Hall–Kier alpha value is -1.04. The second-order valence-corrected chi connectivity index (χ2v) is 4.11. The summed E-state index contributed by atoms with van der Waals surface area (Å²) < 4.78 is 36.9. The van der Waals surface area contributed by atoms with Gasteiger partial charge in [-0.3, -0.25) is 5.10 Å². The fourth-order valence-electron chi connectivity index (χ4n) is 1.83. The third-order valence-electron chi connectivity index (χ3n) is 3.06. The number of rotatable bonds is 2. The van der Waals surface area contributed by atoms with Crippen molar-refractivity contribution >= 4 is 0 Å². The van der Waals surface area contributed by atoms with E-state index in [9.17, 15) is 13.2 Å². The predicted molar refractivity (Wildman–Crippen MR) is 48.2 cm³/mol. The molecule has 1 aliphatic carbocycles. The van der Waals surface area contributed by atoms with Gasteiger partial charge in [0.1, 0.15) is 0 Å². The molecule has 1 fully saturated rings. The first-order chi connectivity index (χ1) is 6.86. The number of nitrogens with two attached hydrogens (primary N) is 1. The van der Waals surface area contributed by atoms with Crippen LogP contribution >= 0.6 is 0 Å². The Labute approximate surface area is 84.8 Å². The molecule has 1 aromatic rings. The zero-order valence-corrected chi connectivity index (χ0v) is 8.23. The highest BCUT2D eigenvalue weighted by atomic mass is 19.4. The van der Waals surface area contributed by atoms with Crippen LogP contribution in [0.4, 0.5) is 13.2 Å². The maximum absolute atomic E-state index is 12.3. The van der Waals surface area contributed by atoms with Crippen molar-refractivity contribution in [2.75, 3.05) is 0 Å². The van der Waals surface area contributed by atoms with E-state index in [2.05, 4.69) is 10.2 Å². The predicted octanol–water partition coefficient (Wildman–Crippen LogP) is 1.81. The molecule has 0 saturated heterocycles. The molecule has 84 valence electrons. The van der Waals surface area contributed by atoms with Crippen LogP contribution < -0.4 is 5.73 Å². The van der Waals surface area contributed by atoms with Crippen LogP contribution in [0.2, 0.25) is 0 Å². The van der Waals surface area contributed by atoms with Crippen molar-refractivity contribution in [3.8, 4) is 0 Å². The number of alkyl halides is 3. The van der Waals surface area contributed by atoms with E-state index in [0.29, 0.717) is 5.69 Å². The number of aromatic nitrogens is 2. The van der Waals surface area contributed by atoms with Gasteiger partial charge in [-0.05, 0) is 25.8 Å². The van der Waals surface area contributed by atoms with Crippen molar-refractivity contribution in [1.82, 2.24) is 10.2 Å². The van der Waals surface area contributed by atoms with Gasteiger partial charge in [-0.15, -0.1) is 0 Å². The number of H-pyrrole nitrogens is 1. The molecule has 1 unspecified atom stereocenters. The normalized spacial score (nSPS) is 21.4. The molecule has 0 spiro atoms. The van der Waals surface area contributed by atoms with Gasteiger partial charge in [-0.25, -0.2) is 0 Å². The van der Waals surface area contributed by atoms with Crippen LogP contribution in [0.3, 0.4) is 0 Å². The monoisotopic (exact) mass is 219 g/mol. The summed E-state index contributed by atoms with van der Waals surface area (Å²) in [5.74, 6) is 0. The molecule has 1 aromatic heterocycles. The molecule has 3 nitrogen and oxygen atoms in total. The lowest BCUT2D eigenvalue weighted by atomic mass is 9.94. The highest BCUT2D eigenvalue weighted by molar-refractivity contribution is 5.29. The van der Waals surface area contributed by atoms with Crippen LogP contribution in [0.5, 0.6) is 0 Å². The van der Waals surface area contributed by atoms with Crippen LogP contribution in [0, 0.1) is 0 Å². The van der Waals surface area contributed by atoms with E-state index in [4.69, 9.17) is 5.73 Å². The number of nitrogens with zero attached hydrogens (tertiary/aromatic N) is 1. The van der Waals surface area contributed by atoms with Gasteiger partial charge < -0.3 is 5.73 Å². The average Bonchev–Trinajstić information content (AvgIpc) is 2.75. The van der Waals surface area contributed by atoms with E-state index in [1.807, 2.05) is 0 Å². The number of hydrogen-bond acceptors (Lipinski definition) is 2. The summed E-state index contributed by atoms with van der Waals surface area (Å²) in [4.78, 5) is 0. The van der Waals surface area contributed by atoms with Crippen molar-refractivity contribution in [2.24, 2.45) is 5.73 Å². The number of halogens is 3.